The third kappa shape index (κ3) is 4.21. The Labute approximate surface area is 143 Å². The Morgan fingerprint density at radius 3 is 2.35 bits per heavy atom. The van der Waals surface area contributed by atoms with Crippen molar-refractivity contribution < 1.29 is 9.59 Å². The SMILES string of the molecule is CC1CCN(C(=O)CN2CCCC2C(=O)N2CCSCC2)CC1. The Balaban J connectivity index is 1.54. The average molecular weight is 340 g/mol. The maximum atomic E-state index is 12.8. The highest BCUT2D eigenvalue weighted by Crippen LogP contribution is 2.22. The van der Waals surface area contributed by atoms with Gasteiger partial charge in [0.2, 0.25) is 11.8 Å². The van der Waals surface area contributed by atoms with Crippen LogP contribution in [0.2, 0.25) is 0 Å². The molecule has 0 aromatic heterocycles. The summed E-state index contributed by atoms with van der Waals surface area (Å²) in [6.45, 7) is 7.07. The van der Waals surface area contributed by atoms with Crippen molar-refractivity contribution in [1.82, 2.24) is 14.7 Å². The first-order valence-electron chi connectivity index (χ1n) is 9.03. The standard InChI is InChI=1S/C17H29N3O2S/c1-14-4-7-18(8-5-14)16(21)13-20-6-2-3-15(20)17(22)19-9-11-23-12-10-19/h14-15H,2-13H2,1H3. The molecular weight excluding hydrogens is 310 g/mol. The van der Waals surface area contributed by atoms with Crippen LogP contribution in [-0.4, -0.2) is 83.3 Å². The molecule has 3 fully saturated rings. The molecule has 0 aliphatic carbocycles. The monoisotopic (exact) mass is 339 g/mol. The largest absolute Gasteiger partial charge is 0.342 e. The van der Waals surface area contributed by atoms with Crippen LogP contribution in [0.3, 0.4) is 0 Å². The molecule has 3 aliphatic heterocycles. The summed E-state index contributed by atoms with van der Waals surface area (Å²) in [5, 5.41) is 0. The van der Waals surface area contributed by atoms with Crippen molar-refractivity contribution in [3.05, 3.63) is 0 Å². The molecule has 0 aromatic carbocycles. The number of amides is 2. The first-order valence-corrected chi connectivity index (χ1v) is 10.2. The summed E-state index contributed by atoms with van der Waals surface area (Å²) >= 11 is 1.92. The van der Waals surface area contributed by atoms with Crippen molar-refractivity contribution in [2.45, 2.75) is 38.6 Å². The van der Waals surface area contributed by atoms with E-state index in [4.69, 9.17) is 0 Å². The molecule has 1 atom stereocenters. The fourth-order valence-corrected chi connectivity index (χ4v) is 4.72. The third-order valence-corrected chi connectivity index (χ3v) is 6.39. The first-order chi connectivity index (χ1) is 11.1. The molecule has 23 heavy (non-hydrogen) atoms. The number of rotatable bonds is 3. The summed E-state index contributed by atoms with van der Waals surface area (Å²) < 4.78 is 0. The van der Waals surface area contributed by atoms with E-state index in [-0.39, 0.29) is 17.9 Å². The molecule has 5 nitrogen and oxygen atoms in total. The second-order valence-corrected chi connectivity index (χ2v) is 8.35. The molecule has 1 unspecified atom stereocenters. The summed E-state index contributed by atoms with van der Waals surface area (Å²) in [5.74, 6) is 3.29. The third-order valence-electron chi connectivity index (χ3n) is 5.45. The lowest BCUT2D eigenvalue weighted by Gasteiger charge is -2.34. The maximum Gasteiger partial charge on any atom is 0.239 e. The van der Waals surface area contributed by atoms with E-state index in [1.165, 1.54) is 0 Å². The molecule has 2 amide bonds. The van der Waals surface area contributed by atoms with Crippen LogP contribution in [0.15, 0.2) is 0 Å². The zero-order chi connectivity index (χ0) is 16.2. The van der Waals surface area contributed by atoms with E-state index >= 15 is 0 Å². The molecule has 0 radical (unpaired) electrons. The van der Waals surface area contributed by atoms with E-state index in [9.17, 15) is 9.59 Å². The van der Waals surface area contributed by atoms with E-state index in [0.29, 0.717) is 6.54 Å². The van der Waals surface area contributed by atoms with Crippen molar-refractivity contribution >= 4 is 23.6 Å². The van der Waals surface area contributed by atoms with Crippen molar-refractivity contribution in [3.63, 3.8) is 0 Å². The zero-order valence-corrected chi connectivity index (χ0v) is 15.0. The van der Waals surface area contributed by atoms with Gasteiger partial charge in [-0.1, -0.05) is 6.92 Å². The first kappa shape index (κ1) is 17.1. The Bertz CT molecular complexity index is 432. The fraction of sp³-hybridized carbons (Fsp3) is 0.882. The van der Waals surface area contributed by atoms with Crippen LogP contribution in [0.5, 0.6) is 0 Å². The van der Waals surface area contributed by atoms with E-state index in [1.54, 1.807) is 0 Å². The Morgan fingerprint density at radius 2 is 1.65 bits per heavy atom. The van der Waals surface area contributed by atoms with Crippen molar-refractivity contribution in [2.75, 3.05) is 50.8 Å². The summed E-state index contributed by atoms with van der Waals surface area (Å²) in [7, 11) is 0. The molecule has 3 aliphatic rings. The smallest absolute Gasteiger partial charge is 0.239 e. The summed E-state index contributed by atoms with van der Waals surface area (Å²) in [4.78, 5) is 31.5. The van der Waals surface area contributed by atoms with Gasteiger partial charge in [-0.05, 0) is 38.1 Å². The number of hydrogen-bond donors (Lipinski definition) is 0. The fourth-order valence-electron chi connectivity index (χ4n) is 3.82. The number of thioether (sulfide) groups is 1. The van der Waals surface area contributed by atoms with E-state index in [1.807, 2.05) is 21.6 Å². The molecular formula is C17H29N3O2S. The molecule has 0 saturated carbocycles. The predicted octanol–water partition coefficient (Wildman–Crippen LogP) is 1.28. The number of hydrogen-bond acceptors (Lipinski definition) is 4. The Morgan fingerprint density at radius 1 is 0.957 bits per heavy atom. The molecule has 6 heteroatoms. The predicted molar refractivity (Wildman–Crippen MR) is 93.5 cm³/mol. The summed E-state index contributed by atoms with van der Waals surface area (Å²) in [6.07, 6.45) is 4.16. The quantitative estimate of drug-likeness (QED) is 0.777. The second-order valence-electron chi connectivity index (χ2n) is 7.13. The molecule has 0 spiro atoms. The lowest BCUT2D eigenvalue weighted by Crippen LogP contribution is -2.51. The van der Waals surface area contributed by atoms with Crippen molar-refractivity contribution in [1.29, 1.82) is 0 Å². The second kappa shape index (κ2) is 7.88. The maximum absolute atomic E-state index is 12.8. The zero-order valence-electron chi connectivity index (χ0n) is 14.2. The van der Waals surface area contributed by atoms with E-state index < -0.39 is 0 Å². The number of carbonyl (C=O) groups excluding carboxylic acids is 2. The van der Waals surface area contributed by atoms with Crippen LogP contribution in [0.4, 0.5) is 0 Å². The molecule has 0 N–H and O–H groups in total. The van der Waals surface area contributed by atoms with Crippen LogP contribution in [0, 0.1) is 5.92 Å². The van der Waals surface area contributed by atoms with Gasteiger partial charge in [0.25, 0.3) is 0 Å². The van der Waals surface area contributed by atoms with Crippen molar-refractivity contribution in [2.24, 2.45) is 5.92 Å². The van der Waals surface area contributed by atoms with Crippen LogP contribution < -0.4 is 0 Å². The lowest BCUT2D eigenvalue weighted by atomic mass is 9.99. The minimum absolute atomic E-state index is 0.0641. The van der Waals surface area contributed by atoms with Crippen LogP contribution in [-0.2, 0) is 9.59 Å². The van der Waals surface area contributed by atoms with Gasteiger partial charge < -0.3 is 9.80 Å². The molecule has 3 rings (SSSR count). The van der Waals surface area contributed by atoms with E-state index in [0.717, 1.165) is 75.8 Å². The minimum atomic E-state index is -0.0641. The molecule has 0 bridgehead atoms. The summed E-state index contributed by atoms with van der Waals surface area (Å²) in [5.41, 5.74) is 0. The van der Waals surface area contributed by atoms with Gasteiger partial charge in [0.15, 0.2) is 0 Å². The van der Waals surface area contributed by atoms with Gasteiger partial charge in [-0.2, -0.15) is 11.8 Å². The highest BCUT2D eigenvalue weighted by molar-refractivity contribution is 7.99. The van der Waals surface area contributed by atoms with E-state index in [2.05, 4.69) is 11.8 Å². The molecule has 130 valence electrons. The highest BCUT2D eigenvalue weighted by atomic mass is 32.2. The topological polar surface area (TPSA) is 43.9 Å². The minimum Gasteiger partial charge on any atom is -0.342 e. The van der Waals surface area contributed by atoms with Crippen LogP contribution in [0.1, 0.15) is 32.6 Å². The van der Waals surface area contributed by atoms with Gasteiger partial charge in [-0.3, -0.25) is 14.5 Å². The van der Waals surface area contributed by atoms with Crippen molar-refractivity contribution in [3.8, 4) is 0 Å². The highest BCUT2D eigenvalue weighted by Gasteiger charge is 2.35. The number of carbonyl (C=O) groups is 2. The molecule has 0 aromatic rings. The number of nitrogens with zero attached hydrogens (tertiary/aromatic N) is 3. The lowest BCUT2D eigenvalue weighted by molar-refractivity contribution is -0.138. The van der Waals surface area contributed by atoms with Crippen LogP contribution in [0.25, 0.3) is 0 Å². The number of piperidine rings is 1. The summed E-state index contributed by atoms with van der Waals surface area (Å²) in [6, 6.07) is -0.0641. The van der Waals surface area contributed by atoms with Gasteiger partial charge in [-0.25, -0.2) is 0 Å². The Kier molecular flexibility index (Phi) is 5.85. The van der Waals surface area contributed by atoms with Gasteiger partial charge in [0.05, 0.1) is 12.6 Å². The van der Waals surface area contributed by atoms with Gasteiger partial charge >= 0.3 is 0 Å². The normalized spacial score (nSPS) is 27.4. The number of likely N-dealkylation sites (tertiary alicyclic amines) is 2. The van der Waals surface area contributed by atoms with Crippen LogP contribution >= 0.6 is 11.8 Å². The average Bonchev–Trinajstić information content (AvgIpc) is 3.03. The Hall–Kier alpha value is -0.750. The van der Waals surface area contributed by atoms with Gasteiger partial charge in [-0.15, -0.1) is 0 Å². The van der Waals surface area contributed by atoms with Gasteiger partial charge in [0.1, 0.15) is 0 Å². The molecule has 3 heterocycles. The molecule has 3 saturated heterocycles. The van der Waals surface area contributed by atoms with Gasteiger partial charge in [0, 0.05) is 37.7 Å².